The second kappa shape index (κ2) is 6.36. The second-order valence-corrected chi connectivity index (χ2v) is 4.81. The van der Waals surface area contributed by atoms with Gasteiger partial charge >= 0.3 is 0 Å². The molecule has 2 rings (SSSR count). The molecule has 1 aliphatic heterocycles. The Kier molecular flexibility index (Phi) is 4.54. The normalized spacial score (nSPS) is 16.4. The molecule has 0 spiro atoms. The molecular formula is C13H20N4O2. The van der Waals surface area contributed by atoms with Crippen LogP contribution in [0.3, 0.4) is 0 Å². The van der Waals surface area contributed by atoms with E-state index in [-0.39, 0.29) is 17.9 Å². The largest absolute Gasteiger partial charge is 0.354 e. The lowest BCUT2D eigenvalue weighted by Crippen LogP contribution is -2.35. The third-order valence-corrected chi connectivity index (χ3v) is 3.45. The van der Waals surface area contributed by atoms with E-state index >= 15 is 0 Å². The fraction of sp³-hybridized carbons (Fsp3) is 0.615. The third-order valence-electron chi connectivity index (χ3n) is 3.45. The van der Waals surface area contributed by atoms with Gasteiger partial charge in [0, 0.05) is 38.4 Å². The molecule has 6 nitrogen and oxygen atoms in total. The summed E-state index contributed by atoms with van der Waals surface area (Å²) in [7, 11) is 0. The van der Waals surface area contributed by atoms with E-state index in [4.69, 9.17) is 0 Å². The molecule has 1 aliphatic rings. The van der Waals surface area contributed by atoms with Crippen molar-refractivity contribution in [3.05, 3.63) is 18.7 Å². The lowest BCUT2D eigenvalue weighted by Gasteiger charge is -2.16. The standard InChI is InChI=1S/C13H20N4O2/c1-11(17-9-6-14-10-17)13(19)15-5-4-12(18)16-7-2-3-8-16/h6,9-11H,2-5,7-8H2,1H3,(H,15,19). The quantitative estimate of drug-likeness (QED) is 0.845. The molecule has 104 valence electrons. The summed E-state index contributed by atoms with van der Waals surface area (Å²) in [5, 5.41) is 2.79. The van der Waals surface area contributed by atoms with Crippen LogP contribution >= 0.6 is 0 Å². The predicted octanol–water partition coefficient (Wildman–Crippen LogP) is 0.573. The zero-order valence-electron chi connectivity index (χ0n) is 11.2. The zero-order chi connectivity index (χ0) is 13.7. The number of rotatable bonds is 5. The van der Waals surface area contributed by atoms with Gasteiger partial charge in [-0.1, -0.05) is 0 Å². The molecule has 2 heterocycles. The van der Waals surface area contributed by atoms with Crippen LogP contribution in [-0.4, -0.2) is 45.9 Å². The highest BCUT2D eigenvalue weighted by Crippen LogP contribution is 2.08. The zero-order valence-corrected chi connectivity index (χ0v) is 11.2. The Labute approximate surface area is 112 Å². The summed E-state index contributed by atoms with van der Waals surface area (Å²) in [5.74, 6) is 0.0419. The van der Waals surface area contributed by atoms with Crippen molar-refractivity contribution in [1.82, 2.24) is 19.8 Å². The third kappa shape index (κ3) is 3.56. The van der Waals surface area contributed by atoms with Crippen LogP contribution in [-0.2, 0) is 9.59 Å². The number of likely N-dealkylation sites (tertiary alicyclic amines) is 1. The van der Waals surface area contributed by atoms with E-state index < -0.39 is 0 Å². The summed E-state index contributed by atoms with van der Waals surface area (Å²) in [6.45, 7) is 3.92. The minimum Gasteiger partial charge on any atom is -0.354 e. The molecule has 1 N–H and O–H groups in total. The van der Waals surface area contributed by atoms with Crippen LogP contribution in [0.15, 0.2) is 18.7 Å². The maximum Gasteiger partial charge on any atom is 0.242 e. The van der Waals surface area contributed by atoms with Gasteiger partial charge in [-0.3, -0.25) is 9.59 Å². The molecule has 0 aromatic carbocycles. The van der Waals surface area contributed by atoms with E-state index in [1.807, 2.05) is 4.90 Å². The first-order valence-electron chi connectivity index (χ1n) is 6.71. The molecule has 0 aliphatic carbocycles. The molecule has 0 saturated carbocycles. The number of amides is 2. The van der Waals surface area contributed by atoms with E-state index in [9.17, 15) is 9.59 Å². The van der Waals surface area contributed by atoms with E-state index in [2.05, 4.69) is 10.3 Å². The second-order valence-electron chi connectivity index (χ2n) is 4.81. The van der Waals surface area contributed by atoms with Crippen molar-refractivity contribution >= 4 is 11.8 Å². The molecule has 2 amide bonds. The van der Waals surface area contributed by atoms with Gasteiger partial charge in [-0.2, -0.15) is 0 Å². The minimum absolute atomic E-state index is 0.0905. The molecule has 0 bridgehead atoms. The number of hydrogen-bond donors (Lipinski definition) is 1. The van der Waals surface area contributed by atoms with Crippen LogP contribution in [0.1, 0.15) is 32.2 Å². The first-order valence-corrected chi connectivity index (χ1v) is 6.71. The fourth-order valence-electron chi connectivity index (χ4n) is 2.20. The van der Waals surface area contributed by atoms with Crippen molar-refractivity contribution in [1.29, 1.82) is 0 Å². The number of imidazole rings is 1. The highest BCUT2D eigenvalue weighted by atomic mass is 16.2. The van der Waals surface area contributed by atoms with Gasteiger partial charge in [0.15, 0.2) is 0 Å². The Morgan fingerprint density at radius 1 is 1.37 bits per heavy atom. The number of hydrogen-bond acceptors (Lipinski definition) is 3. The van der Waals surface area contributed by atoms with Gasteiger partial charge < -0.3 is 14.8 Å². The Bertz CT molecular complexity index is 424. The van der Waals surface area contributed by atoms with E-state index in [1.54, 1.807) is 30.2 Å². The lowest BCUT2D eigenvalue weighted by atomic mass is 10.3. The van der Waals surface area contributed by atoms with Gasteiger partial charge in [0.1, 0.15) is 6.04 Å². The molecule has 1 aromatic rings. The van der Waals surface area contributed by atoms with Crippen molar-refractivity contribution in [2.45, 2.75) is 32.2 Å². The fourth-order valence-corrected chi connectivity index (χ4v) is 2.20. The van der Waals surface area contributed by atoms with Crippen LogP contribution in [0, 0.1) is 0 Å². The molecule has 1 aromatic heterocycles. The number of carbonyl (C=O) groups is 2. The highest BCUT2D eigenvalue weighted by Gasteiger charge is 2.18. The number of nitrogens with zero attached hydrogens (tertiary/aromatic N) is 3. The number of aromatic nitrogens is 2. The summed E-state index contributed by atoms with van der Waals surface area (Å²) < 4.78 is 1.73. The monoisotopic (exact) mass is 264 g/mol. The molecule has 1 unspecified atom stereocenters. The SMILES string of the molecule is CC(C(=O)NCCC(=O)N1CCCC1)n1ccnc1. The van der Waals surface area contributed by atoms with Crippen molar-refractivity contribution in [3.63, 3.8) is 0 Å². The smallest absolute Gasteiger partial charge is 0.242 e. The van der Waals surface area contributed by atoms with Gasteiger partial charge in [0.25, 0.3) is 0 Å². The van der Waals surface area contributed by atoms with Gasteiger partial charge in [0.05, 0.1) is 6.33 Å². The molecule has 0 radical (unpaired) electrons. The van der Waals surface area contributed by atoms with Crippen LogP contribution < -0.4 is 5.32 Å². The van der Waals surface area contributed by atoms with E-state index in [1.165, 1.54) is 0 Å². The molecule has 1 fully saturated rings. The van der Waals surface area contributed by atoms with Gasteiger partial charge in [-0.05, 0) is 19.8 Å². The minimum atomic E-state index is -0.301. The molecule has 1 atom stereocenters. The first-order chi connectivity index (χ1) is 9.18. The van der Waals surface area contributed by atoms with Crippen LogP contribution in [0.5, 0.6) is 0 Å². The average Bonchev–Trinajstić information content (AvgIpc) is 3.10. The Balaban J connectivity index is 1.70. The van der Waals surface area contributed by atoms with Crippen molar-refractivity contribution in [2.24, 2.45) is 0 Å². The van der Waals surface area contributed by atoms with Crippen molar-refractivity contribution in [2.75, 3.05) is 19.6 Å². The molecule has 1 saturated heterocycles. The summed E-state index contributed by atoms with van der Waals surface area (Å²) in [4.78, 5) is 29.4. The van der Waals surface area contributed by atoms with E-state index in [0.29, 0.717) is 13.0 Å². The number of carbonyl (C=O) groups excluding carboxylic acids is 2. The topological polar surface area (TPSA) is 67.2 Å². The molecule has 6 heteroatoms. The van der Waals surface area contributed by atoms with Crippen LogP contribution in [0.2, 0.25) is 0 Å². The van der Waals surface area contributed by atoms with Crippen molar-refractivity contribution in [3.8, 4) is 0 Å². The van der Waals surface area contributed by atoms with Crippen LogP contribution in [0.4, 0.5) is 0 Å². The maximum absolute atomic E-state index is 11.9. The molecular weight excluding hydrogens is 244 g/mol. The average molecular weight is 264 g/mol. The van der Waals surface area contributed by atoms with Crippen LogP contribution in [0.25, 0.3) is 0 Å². The number of nitrogens with one attached hydrogen (secondary N) is 1. The Hall–Kier alpha value is -1.85. The summed E-state index contributed by atoms with van der Waals surface area (Å²) in [6, 6.07) is -0.301. The van der Waals surface area contributed by atoms with Gasteiger partial charge in [-0.25, -0.2) is 4.98 Å². The lowest BCUT2D eigenvalue weighted by molar-refractivity contribution is -0.130. The van der Waals surface area contributed by atoms with Gasteiger partial charge in [-0.15, -0.1) is 0 Å². The van der Waals surface area contributed by atoms with Crippen molar-refractivity contribution < 1.29 is 9.59 Å². The maximum atomic E-state index is 11.9. The summed E-state index contributed by atoms with van der Waals surface area (Å²) in [6.07, 6.45) is 7.56. The predicted molar refractivity (Wildman–Crippen MR) is 70.4 cm³/mol. The summed E-state index contributed by atoms with van der Waals surface area (Å²) in [5.41, 5.74) is 0. The first kappa shape index (κ1) is 13.6. The molecule has 19 heavy (non-hydrogen) atoms. The highest BCUT2D eigenvalue weighted by molar-refractivity contribution is 5.81. The Morgan fingerprint density at radius 3 is 2.74 bits per heavy atom. The summed E-state index contributed by atoms with van der Waals surface area (Å²) >= 11 is 0. The Morgan fingerprint density at radius 2 is 2.11 bits per heavy atom. The van der Waals surface area contributed by atoms with Gasteiger partial charge in [0.2, 0.25) is 11.8 Å². The van der Waals surface area contributed by atoms with E-state index in [0.717, 1.165) is 25.9 Å².